The second-order valence-electron chi connectivity index (χ2n) is 3.06. The van der Waals surface area contributed by atoms with Crippen molar-refractivity contribution in [2.75, 3.05) is 5.73 Å². The lowest BCUT2D eigenvalue weighted by molar-refractivity contribution is 0.690. The Morgan fingerprint density at radius 3 is 2.50 bits per heavy atom. The molecule has 0 aliphatic rings. The fourth-order valence-electron chi connectivity index (χ4n) is 1.24. The molecule has 72 valence electrons. The molecule has 0 aliphatic heterocycles. The monoisotopic (exact) mass is 251 g/mol. The number of benzene rings is 1. The van der Waals surface area contributed by atoms with E-state index in [-0.39, 0.29) is 0 Å². The Balaban J connectivity index is 2.15. The lowest BCUT2D eigenvalue weighted by Crippen LogP contribution is -2.00. The second-order valence-corrected chi connectivity index (χ2v) is 3.98. The highest BCUT2D eigenvalue weighted by Crippen LogP contribution is 2.11. The number of aromatic nitrogens is 2. The molecule has 3 nitrogen and oxygen atoms in total. The van der Waals surface area contributed by atoms with Gasteiger partial charge in [-0.25, -0.2) is 0 Å². The molecule has 0 fully saturated rings. The first kappa shape index (κ1) is 9.27. The first-order chi connectivity index (χ1) is 6.74. The Hall–Kier alpha value is -1.29. The lowest BCUT2D eigenvalue weighted by Gasteiger charge is -2.01. The van der Waals surface area contributed by atoms with Gasteiger partial charge >= 0.3 is 0 Å². The minimum absolute atomic E-state index is 0.558. The van der Waals surface area contributed by atoms with E-state index in [1.165, 1.54) is 5.56 Å². The van der Waals surface area contributed by atoms with Gasteiger partial charge in [0, 0.05) is 10.7 Å². The van der Waals surface area contributed by atoms with Gasteiger partial charge < -0.3 is 5.73 Å². The maximum Gasteiger partial charge on any atom is 0.145 e. The van der Waals surface area contributed by atoms with Gasteiger partial charge in [0.2, 0.25) is 0 Å². The van der Waals surface area contributed by atoms with Crippen LogP contribution in [0.4, 0.5) is 5.82 Å². The van der Waals surface area contributed by atoms with Crippen LogP contribution in [0.5, 0.6) is 0 Å². The molecule has 0 atom stereocenters. The summed E-state index contributed by atoms with van der Waals surface area (Å²) in [6.45, 7) is 0.754. The molecule has 0 spiro atoms. The van der Waals surface area contributed by atoms with Gasteiger partial charge in [-0.2, -0.15) is 5.10 Å². The lowest BCUT2D eigenvalue weighted by atomic mass is 10.2. The van der Waals surface area contributed by atoms with Crippen molar-refractivity contribution in [2.45, 2.75) is 6.54 Å². The van der Waals surface area contributed by atoms with Crippen LogP contribution in [0.2, 0.25) is 0 Å². The Morgan fingerprint density at radius 2 is 1.93 bits per heavy atom. The molecule has 1 heterocycles. The fraction of sp³-hybridized carbons (Fsp3) is 0.100. The first-order valence-electron chi connectivity index (χ1n) is 4.27. The molecular formula is C10H10BrN3. The third-order valence-electron chi connectivity index (χ3n) is 1.92. The van der Waals surface area contributed by atoms with Crippen molar-refractivity contribution in [3.63, 3.8) is 0 Å². The highest BCUT2D eigenvalue weighted by molar-refractivity contribution is 9.10. The predicted molar refractivity (Wildman–Crippen MR) is 59.9 cm³/mol. The average Bonchev–Trinajstić information content (AvgIpc) is 2.56. The number of nitrogens with two attached hydrogens (primary N) is 1. The van der Waals surface area contributed by atoms with Crippen LogP contribution in [0.25, 0.3) is 0 Å². The molecule has 0 saturated heterocycles. The van der Waals surface area contributed by atoms with E-state index in [1.54, 1.807) is 6.07 Å². The molecule has 0 bridgehead atoms. The van der Waals surface area contributed by atoms with E-state index in [0.717, 1.165) is 11.0 Å². The minimum Gasteiger partial charge on any atom is -0.382 e. The number of anilines is 1. The fourth-order valence-corrected chi connectivity index (χ4v) is 1.51. The van der Waals surface area contributed by atoms with Crippen molar-refractivity contribution >= 4 is 21.7 Å². The van der Waals surface area contributed by atoms with Crippen LogP contribution in [0.3, 0.4) is 0 Å². The molecule has 1 aromatic heterocycles. The molecule has 0 radical (unpaired) electrons. The summed E-state index contributed by atoms with van der Waals surface area (Å²) in [4.78, 5) is 0. The summed E-state index contributed by atoms with van der Waals surface area (Å²) in [6, 6.07) is 9.94. The van der Waals surface area contributed by atoms with Gasteiger partial charge in [0.25, 0.3) is 0 Å². The van der Waals surface area contributed by atoms with E-state index in [9.17, 15) is 0 Å². The molecule has 14 heavy (non-hydrogen) atoms. The summed E-state index contributed by atoms with van der Waals surface area (Å²) in [6.07, 6.45) is 1.87. The smallest absolute Gasteiger partial charge is 0.145 e. The molecular weight excluding hydrogens is 242 g/mol. The Bertz CT molecular complexity index is 419. The van der Waals surface area contributed by atoms with E-state index < -0.39 is 0 Å². The van der Waals surface area contributed by atoms with Crippen molar-refractivity contribution < 1.29 is 0 Å². The van der Waals surface area contributed by atoms with Crippen LogP contribution in [0.15, 0.2) is 41.0 Å². The van der Waals surface area contributed by atoms with Gasteiger partial charge in [-0.05, 0) is 23.8 Å². The largest absolute Gasteiger partial charge is 0.382 e. The SMILES string of the molecule is Nc1ccn(Cc2ccc(Br)cc2)n1. The van der Waals surface area contributed by atoms with Gasteiger partial charge in [-0.3, -0.25) is 4.68 Å². The summed E-state index contributed by atoms with van der Waals surface area (Å²) in [5.74, 6) is 0.558. The van der Waals surface area contributed by atoms with Crippen molar-refractivity contribution in [2.24, 2.45) is 0 Å². The normalized spacial score (nSPS) is 10.4. The van der Waals surface area contributed by atoms with E-state index in [2.05, 4.69) is 33.2 Å². The van der Waals surface area contributed by atoms with Crippen molar-refractivity contribution in [1.82, 2.24) is 9.78 Å². The zero-order valence-electron chi connectivity index (χ0n) is 7.52. The van der Waals surface area contributed by atoms with E-state index in [4.69, 9.17) is 5.73 Å². The van der Waals surface area contributed by atoms with Crippen LogP contribution < -0.4 is 5.73 Å². The number of hydrogen-bond acceptors (Lipinski definition) is 2. The molecule has 2 N–H and O–H groups in total. The maximum atomic E-state index is 5.52. The molecule has 4 heteroatoms. The molecule has 0 amide bonds. The predicted octanol–water partition coefficient (Wildman–Crippen LogP) is 2.28. The van der Waals surface area contributed by atoms with Crippen molar-refractivity contribution in [1.29, 1.82) is 0 Å². The van der Waals surface area contributed by atoms with E-state index in [0.29, 0.717) is 5.82 Å². The topological polar surface area (TPSA) is 43.8 Å². The summed E-state index contributed by atoms with van der Waals surface area (Å²) >= 11 is 3.39. The number of nitrogens with zero attached hydrogens (tertiary/aromatic N) is 2. The zero-order chi connectivity index (χ0) is 9.97. The highest BCUT2D eigenvalue weighted by atomic mass is 79.9. The standard InChI is InChI=1S/C10H10BrN3/c11-9-3-1-8(2-4-9)7-14-6-5-10(12)13-14/h1-6H,7H2,(H2,12,13). The van der Waals surface area contributed by atoms with Crippen molar-refractivity contribution in [3.8, 4) is 0 Å². The molecule has 1 aromatic carbocycles. The number of nitrogen functional groups attached to an aromatic ring is 1. The molecule has 0 unspecified atom stereocenters. The van der Waals surface area contributed by atoms with Gasteiger partial charge in [-0.1, -0.05) is 28.1 Å². The maximum absolute atomic E-state index is 5.52. The summed E-state index contributed by atoms with van der Waals surface area (Å²) in [5, 5.41) is 4.11. The number of halogens is 1. The number of rotatable bonds is 2. The third-order valence-corrected chi connectivity index (χ3v) is 2.45. The summed E-state index contributed by atoms with van der Waals surface area (Å²) in [7, 11) is 0. The zero-order valence-corrected chi connectivity index (χ0v) is 9.11. The molecule has 2 aromatic rings. The van der Waals surface area contributed by atoms with Crippen LogP contribution in [-0.2, 0) is 6.54 Å². The number of hydrogen-bond donors (Lipinski definition) is 1. The second kappa shape index (κ2) is 3.84. The third kappa shape index (κ3) is 2.14. The summed E-state index contributed by atoms with van der Waals surface area (Å²) in [5.41, 5.74) is 6.72. The quantitative estimate of drug-likeness (QED) is 0.890. The van der Waals surface area contributed by atoms with E-state index >= 15 is 0 Å². The Morgan fingerprint density at radius 1 is 1.21 bits per heavy atom. The van der Waals surface area contributed by atoms with Crippen LogP contribution >= 0.6 is 15.9 Å². The van der Waals surface area contributed by atoms with Crippen molar-refractivity contribution in [3.05, 3.63) is 46.6 Å². The van der Waals surface area contributed by atoms with Gasteiger partial charge in [0.15, 0.2) is 0 Å². The van der Waals surface area contributed by atoms with Crippen LogP contribution in [-0.4, -0.2) is 9.78 Å². The summed E-state index contributed by atoms with van der Waals surface area (Å²) < 4.78 is 2.90. The molecule has 2 rings (SSSR count). The van der Waals surface area contributed by atoms with Gasteiger partial charge in [0.1, 0.15) is 5.82 Å². The van der Waals surface area contributed by atoms with Crippen LogP contribution in [0.1, 0.15) is 5.56 Å². The van der Waals surface area contributed by atoms with Gasteiger partial charge in [-0.15, -0.1) is 0 Å². The first-order valence-corrected chi connectivity index (χ1v) is 5.07. The molecule has 0 saturated carbocycles. The Labute approximate surface area is 90.7 Å². The minimum atomic E-state index is 0.558. The Kier molecular flexibility index (Phi) is 2.54. The van der Waals surface area contributed by atoms with E-state index in [1.807, 2.05) is 23.0 Å². The highest BCUT2D eigenvalue weighted by Gasteiger charge is 1.96. The van der Waals surface area contributed by atoms with Gasteiger partial charge in [0.05, 0.1) is 6.54 Å². The van der Waals surface area contributed by atoms with Crippen LogP contribution in [0, 0.1) is 0 Å². The molecule has 0 aliphatic carbocycles. The average molecular weight is 252 g/mol.